The number of halogens is 4. The first-order chi connectivity index (χ1) is 16.1. The minimum atomic E-state index is -0.501. The lowest BCUT2D eigenvalue weighted by Gasteiger charge is -2.11. The number of benzene rings is 3. The number of H-pyrrole nitrogens is 1. The molecule has 1 heterocycles. The third kappa shape index (κ3) is 5.65. The number of hydrogen-bond donors (Lipinski definition) is 3. The average molecular weight is 553 g/mol. The smallest absolute Gasteiger partial charge is 0.258 e. The van der Waals surface area contributed by atoms with E-state index in [1.807, 2.05) is 27.1 Å². The number of hydrogen-bond acceptors (Lipinski definition) is 4. The molecule has 0 aliphatic rings. The number of amides is 2. The summed E-state index contributed by atoms with van der Waals surface area (Å²) in [6.07, 6.45) is 0. The number of aromatic amines is 1. The van der Waals surface area contributed by atoms with E-state index < -0.39 is 11.8 Å². The van der Waals surface area contributed by atoms with Crippen LogP contribution in [0.25, 0.3) is 11.0 Å². The van der Waals surface area contributed by atoms with Crippen LogP contribution in [0.5, 0.6) is 0 Å². The van der Waals surface area contributed by atoms with E-state index in [0.29, 0.717) is 33.4 Å². The molecule has 0 spiro atoms. The summed E-state index contributed by atoms with van der Waals surface area (Å²) in [5.74, 6) is -0.354. The largest absolute Gasteiger partial charge is 0.349 e. The molecular formula is C24H21Cl4N5O2. The van der Waals surface area contributed by atoms with Crippen molar-refractivity contribution in [1.82, 2.24) is 9.97 Å². The maximum absolute atomic E-state index is 13.2. The molecule has 0 saturated carbocycles. The van der Waals surface area contributed by atoms with Gasteiger partial charge in [-0.25, -0.2) is 4.98 Å². The van der Waals surface area contributed by atoms with Gasteiger partial charge in [-0.3, -0.25) is 9.59 Å². The van der Waals surface area contributed by atoms with Crippen LogP contribution in [0.3, 0.4) is 0 Å². The Morgan fingerprint density at radius 2 is 1.54 bits per heavy atom. The normalized spacial score (nSPS) is 10.6. The first-order valence-corrected chi connectivity index (χ1v) is 11.3. The molecule has 0 unspecified atom stereocenters. The van der Waals surface area contributed by atoms with Crippen molar-refractivity contribution in [2.75, 3.05) is 29.6 Å². The van der Waals surface area contributed by atoms with Crippen LogP contribution < -0.4 is 15.5 Å². The van der Waals surface area contributed by atoms with Gasteiger partial charge < -0.3 is 20.5 Å². The fourth-order valence-corrected chi connectivity index (χ4v) is 4.09. The Labute approximate surface area is 223 Å². The average Bonchev–Trinajstić information content (AvgIpc) is 3.20. The van der Waals surface area contributed by atoms with Crippen molar-refractivity contribution < 1.29 is 9.59 Å². The number of carbonyl (C=O) groups is 2. The highest BCUT2D eigenvalue weighted by Gasteiger charge is 2.20. The molecule has 0 radical (unpaired) electrons. The zero-order chi connectivity index (χ0) is 24.6. The van der Waals surface area contributed by atoms with Crippen LogP contribution in [-0.4, -0.2) is 35.9 Å². The van der Waals surface area contributed by atoms with Crippen molar-refractivity contribution >= 4 is 87.4 Å². The zero-order valence-corrected chi connectivity index (χ0v) is 22.0. The lowest BCUT2D eigenvalue weighted by Crippen LogP contribution is -2.16. The molecule has 3 N–H and O–H groups in total. The molecule has 0 aliphatic carbocycles. The SMILES string of the molecule is Cc1ccc(NC(=O)c2cc(NC(=O)c3c(Cl)cccc3Cl)cc3[nH]c(N(C)C)nc23)cc1Cl.Cl. The number of aromatic nitrogens is 2. The Morgan fingerprint density at radius 1 is 0.886 bits per heavy atom. The lowest BCUT2D eigenvalue weighted by atomic mass is 10.1. The van der Waals surface area contributed by atoms with Crippen molar-refractivity contribution in [2.24, 2.45) is 0 Å². The van der Waals surface area contributed by atoms with E-state index in [4.69, 9.17) is 34.8 Å². The highest BCUT2D eigenvalue weighted by atomic mass is 35.5. The molecule has 7 nitrogen and oxygen atoms in total. The highest BCUT2D eigenvalue weighted by Crippen LogP contribution is 2.29. The van der Waals surface area contributed by atoms with E-state index >= 15 is 0 Å². The molecule has 0 fully saturated rings. The van der Waals surface area contributed by atoms with Gasteiger partial charge in [-0.2, -0.15) is 0 Å². The van der Waals surface area contributed by atoms with E-state index in [9.17, 15) is 9.59 Å². The highest BCUT2D eigenvalue weighted by molar-refractivity contribution is 6.40. The van der Waals surface area contributed by atoms with Gasteiger partial charge in [0.05, 0.1) is 26.7 Å². The second kappa shape index (κ2) is 10.7. The molecule has 0 atom stereocenters. The summed E-state index contributed by atoms with van der Waals surface area (Å²) >= 11 is 18.6. The standard InChI is InChI=1S/C24H20Cl3N5O2.ClH/c1-12-7-8-13(10-18(12)27)28-22(33)15-9-14(11-19-21(15)31-24(30-19)32(2)3)29-23(34)20-16(25)5-4-6-17(20)26;/h4-11H,1-3H3,(H,28,33)(H,29,34)(H,30,31);1H. The third-order valence-corrected chi connectivity index (χ3v) is 6.16. The first-order valence-electron chi connectivity index (χ1n) is 10.2. The number of imidazole rings is 1. The summed E-state index contributed by atoms with van der Waals surface area (Å²) < 4.78 is 0. The van der Waals surface area contributed by atoms with Gasteiger partial charge in [0, 0.05) is 30.5 Å². The molecule has 11 heteroatoms. The minimum absolute atomic E-state index is 0. The summed E-state index contributed by atoms with van der Waals surface area (Å²) in [5, 5.41) is 6.59. The van der Waals surface area contributed by atoms with Crippen molar-refractivity contribution in [3.05, 3.63) is 80.3 Å². The van der Waals surface area contributed by atoms with Gasteiger partial charge in [-0.05, 0) is 48.9 Å². The number of rotatable bonds is 5. The molecule has 4 aromatic rings. The van der Waals surface area contributed by atoms with Gasteiger partial charge in [0.15, 0.2) is 0 Å². The Bertz CT molecular complexity index is 1410. The summed E-state index contributed by atoms with van der Waals surface area (Å²) in [4.78, 5) is 35.6. The van der Waals surface area contributed by atoms with Gasteiger partial charge >= 0.3 is 0 Å². The van der Waals surface area contributed by atoms with Crippen LogP contribution in [0.1, 0.15) is 26.3 Å². The van der Waals surface area contributed by atoms with Crippen LogP contribution in [0.2, 0.25) is 15.1 Å². The molecule has 3 aromatic carbocycles. The van der Waals surface area contributed by atoms with Gasteiger partial charge in [0.1, 0.15) is 5.52 Å². The molecule has 4 rings (SSSR count). The molecule has 0 aliphatic heterocycles. The van der Waals surface area contributed by atoms with Crippen LogP contribution in [0.15, 0.2) is 48.5 Å². The maximum Gasteiger partial charge on any atom is 0.258 e. The Balaban J connectivity index is 0.00000342. The van der Waals surface area contributed by atoms with Crippen LogP contribution in [0.4, 0.5) is 17.3 Å². The quantitative estimate of drug-likeness (QED) is 0.253. The predicted molar refractivity (Wildman–Crippen MR) is 146 cm³/mol. The first kappa shape index (κ1) is 26.6. The third-order valence-electron chi connectivity index (χ3n) is 5.12. The van der Waals surface area contributed by atoms with E-state index in [2.05, 4.69) is 20.6 Å². The fraction of sp³-hybridized carbons (Fsp3) is 0.125. The van der Waals surface area contributed by atoms with Gasteiger partial charge in [-0.15, -0.1) is 12.4 Å². The number of aryl methyl sites for hydroxylation is 1. The molecule has 182 valence electrons. The summed E-state index contributed by atoms with van der Waals surface area (Å²) in [6, 6.07) is 13.3. The summed E-state index contributed by atoms with van der Waals surface area (Å²) in [7, 11) is 3.65. The number of fused-ring (bicyclic) bond motifs is 1. The molecule has 2 amide bonds. The van der Waals surface area contributed by atoms with Gasteiger partial charge in [-0.1, -0.05) is 46.9 Å². The Morgan fingerprint density at radius 3 is 2.17 bits per heavy atom. The number of carbonyl (C=O) groups excluding carboxylic acids is 2. The van der Waals surface area contributed by atoms with Crippen molar-refractivity contribution in [2.45, 2.75) is 6.92 Å². The summed E-state index contributed by atoms with van der Waals surface area (Å²) in [5.41, 5.74) is 3.23. The topological polar surface area (TPSA) is 90.1 Å². The number of nitrogens with one attached hydrogen (secondary N) is 3. The van der Waals surface area contributed by atoms with Crippen molar-refractivity contribution in [1.29, 1.82) is 0 Å². The van der Waals surface area contributed by atoms with Gasteiger partial charge in [0.25, 0.3) is 11.8 Å². The monoisotopic (exact) mass is 551 g/mol. The van der Waals surface area contributed by atoms with E-state index in [-0.39, 0.29) is 33.6 Å². The van der Waals surface area contributed by atoms with E-state index in [1.54, 1.807) is 47.4 Å². The molecule has 1 aromatic heterocycles. The molecule has 35 heavy (non-hydrogen) atoms. The van der Waals surface area contributed by atoms with Crippen molar-refractivity contribution in [3.63, 3.8) is 0 Å². The zero-order valence-electron chi connectivity index (χ0n) is 18.9. The number of anilines is 3. The molecule has 0 bridgehead atoms. The van der Waals surface area contributed by atoms with E-state index in [0.717, 1.165) is 5.56 Å². The van der Waals surface area contributed by atoms with Crippen LogP contribution in [-0.2, 0) is 0 Å². The lowest BCUT2D eigenvalue weighted by molar-refractivity contribution is 0.101. The molecule has 0 saturated heterocycles. The van der Waals surface area contributed by atoms with Crippen LogP contribution in [0, 0.1) is 6.92 Å². The fourth-order valence-electron chi connectivity index (χ4n) is 3.34. The van der Waals surface area contributed by atoms with Crippen LogP contribution >= 0.6 is 47.2 Å². The summed E-state index contributed by atoms with van der Waals surface area (Å²) in [6.45, 7) is 1.88. The predicted octanol–water partition coefficient (Wildman–Crippen LogP) is 6.82. The van der Waals surface area contributed by atoms with Crippen molar-refractivity contribution in [3.8, 4) is 0 Å². The Kier molecular flexibility index (Phi) is 8.18. The molecular weight excluding hydrogens is 532 g/mol. The Hall–Kier alpha value is -2.97. The van der Waals surface area contributed by atoms with Gasteiger partial charge in [0.2, 0.25) is 5.95 Å². The number of nitrogens with zero attached hydrogens (tertiary/aromatic N) is 2. The minimum Gasteiger partial charge on any atom is -0.349 e. The second-order valence-corrected chi connectivity index (χ2v) is 9.07. The maximum atomic E-state index is 13.2. The van der Waals surface area contributed by atoms with E-state index in [1.165, 1.54) is 0 Å². The second-order valence-electron chi connectivity index (χ2n) is 7.84.